The Labute approximate surface area is 125 Å². The number of hydrogen-bond donors (Lipinski definition) is 0. The van der Waals surface area contributed by atoms with Crippen molar-refractivity contribution in [3.05, 3.63) is 28.7 Å². The van der Waals surface area contributed by atoms with E-state index in [4.69, 9.17) is 0 Å². The average Bonchev–Trinajstić information content (AvgIpc) is 2.39. The Hall–Kier alpha value is -0.830. The third kappa shape index (κ3) is 6.24. The molecule has 3 heteroatoms. The van der Waals surface area contributed by atoms with Crippen molar-refractivity contribution >= 4 is 27.5 Å². The molecule has 2 nitrogen and oxygen atoms in total. The number of unbranched alkanes of at least 4 members (excludes halogenated alkanes) is 5. The zero-order chi connectivity index (χ0) is 14.1. The molecule has 1 rings (SSSR count). The summed E-state index contributed by atoms with van der Waals surface area (Å²) >= 11 is 3.42. The van der Waals surface area contributed by atoms with Crippen molar-refractivity contribution in [2.24, 2.45) is 0 Å². The van der Waals surface area contributed by atoms with E-state index >= 15 is 0 Å². The molecule has 0 bridgehead atoms. The van der Waals surface area contributed by atoms with Gasteiger partial charge in [-0.05, 0) is 30.7 Å². The first kappa shape index (κ1) is 16.2. The van der Waals surface area contributed by atoms with Gasteiger partial charge in [-0.1, -0.05) is 55.0 Å². The quantitative estimate of drug-likeness (QED) is 0.604. The van der Waals surface area contributed by atoms with Gasteiger partial charge >= 0.3 is 0 Å². The first-order chi connectivity index (χ1) is 9.15. The first-order valence-corrected chi connectivity index (χ1v) is 7.98. The summed E-state index contributed by atoms with van der Waals surface area (Å²) in [4.78, 5) is 13.6. The van der Waals surface area contributed by atoms with Gasteiger partial charge in [-0.3, -0.25) is 4.79 Å². The van der Waals surface area contributed by atoms with Crippen molar-refractivity contribution in [1.82, 2.24) is 0 Å². The highest BCUT2D eigenvalue weighted by atomic mass is 79.9. The fraction of sp³-hybridized carbons (Fsp3) is 0.562. The molecular formula is C16H24BrNO. The van der Waals surface area contributed by atoms with E-state index in [1.807, 2.05) is 29.2 Å². The molecule has 0 aromatic heterocycles. The summed E-state index contributed by atoms with van der Waals surface area (Å²) in [5.74, 6) is 0.121. The minimum absolute atomic E-state index is 0.121. The maximum absolute atomic E-state index is 11.7. The van der Waals surface area contributed by atoms with Gasteiger partial charge in [-0.15, -0.1) is 0 Å². The molecule has 0 radical (unpaired) electrons. The summed E-state index contributed by atoms with van der Waals surface area (Å²) in [6.07, 6.45) is 7.48. The lowest BCUT2D eigenvalue weighted by atomic mass is 10.1. The van der Waals surface area contributed by atoms with Crippen LogP contribution in [0, 0.1) is 0 Å². The van der Waals surface area contributed by atoms with E-state index in [-0.39, 0.29) is 5.91 Å². The molecule has 1 aromatic carbocycles. The minimum Gasteiger partial charge on any atom is -0.313 e. The SMILES string of the molecule is CCCCCCCCN(C(C)=O)c1ccc(Br)cc1. The lowest BCUT2D eigenvalue weighted by Crippen LogP contribution is -2.29. The van der Waals surface area contributed by atoms with Crippen molar-refractivity contribution in [2.75, 3.05) is 11.4 Å². The summed E-state index contributed by atoms with van der Waals surface area (Å²) < 4.78 is 1.04. The molecule has 1 aromatic rings. The van der Waals surface area contributed by atoms with E-state index in [0.717, 1.165) is 23.1 Å². The molecule has 0 aliphatic carbocycles. The Morgan fingerprint density at radius 3 is 2.21 bits per heavy atom. The van der Waals surface area contributed by atoms with Crippen LogP contribution in [0.1, 0.15) is 52.4 Å². The van der Waals surface area contributed by atoms with Gasteiger partial charge < -0.3 is 4.90 Å². The highest BCUT2D eigenvalue weighted by Crippen LogP contribution is 2.19. The Balaban J connectivity index is 2.41. The van der Waals surface area contributed by atoms with Gasteiger partial charge in [0.15, 0.2) is 0 Å². The number of nitrogens with zero attached hydrogens (tertiary/aromatic N) is 1. The van der Waals surface area contributed by atoms with Crippen molar-refractivity contribution in [2.45, 2.75) is 52.4 Å². The standard InChI is InChI=1S/C16H24BrNO/c1-3-4-5-6-7-8-13-18(14(2)19)16-11-9-15(17)10-12-16/h9-12H,3-8,13H2,1-2H3. The van der Waals surface area contributed by atoms with Gasteiger partial charge in [0.05, 0.1) is 0 Å². The van der Waals surface area contributed by atoms with E-state index in [1.54, 1.807) is 6.92 Å². The number of halogens is 1. The summed E-state index contributed by atoms with van der Waals surface area (Å²) in [6.45, 7) is 4.69. The molecule has 0 saturated carbocycles. The molecule has 0 atom stereocenters. The number of benzene rings is 1. The van der Waals surface area contributed by atoms with E-state index in [9.17, 15) is 4.79 Å². The van der Waals surface area contributed by atoms with E-state index in [2.05, 4.69) is 22.9 Å². The maximum Gasteiger partial charge on any atom is 0.223 e. The fourth-order valence-corrected chi connectivity index (χ4v) is 2.40. The van der Waals surface area contributed by atoms with Crippen molar-refractivity contribution in [1.29, 1.82) is 0 Å². The van der Waals surface area contributed by atoms with Gasteiger partial charge in [0, 0.05) is 23.6 Å². The number of carbonyl (C=O) groups is 1. The molecule has 0 aliphatic heterocycles. The zero-order valence-electron chi connectivity index (χ0n) is 12.0. The van der Waals surface area contributed by atoms with Crippen LogP contribution >= 0.6 is 15.9 Å². The average molecular weight is 326 g/mol. The number of amides is 1. The summed E-state index contributed by atoms with van der Waals surface area (Å²) in [6, 6.07) is 7.93. The van der Waals surface area contributed by atoms with Crippen LogP contribution in [0.2, 0.25) is 0 Å². The number of carbonyl (C=O) groups excluding carboxylic acids is 1. The van der Waals surface area contributed by atoms with Crippen LogP contribution in [0.4, 0.5) is 5.69 Å². The van der Waals surface area contributed by atoms with Crippen LogP contribution in [0.15, 0.2) is 28.7 Å². The topological polar surface area (TPSA) is 20.3 Å². The van der Waals surface area contributed by atoms with Crippen LogP contribution in [0.3, 0.4) is 0 Å². The first-order valence-electron chi connectivity index (χ1n) is 7.19. The lowest BCUT2D eigenvalue weighted by molar-refractivity contribution is -0.116. The van der Waals surface area contributed by atoms with E-state index in [0.29, 0.717) is 0 Å². The van der Waals surface area contributed by atoms with Gasteiger partial charge in [0.25, 0.3) is 0 Å². The van der Waals surface area contributed by atoms with Gasteiger partial charge in [-0.25, -0.2) is 0 Å². The molecule has 106 valence electrons. The Kier molecular flexibility index (Phi) is 7.80. The predicted octanol–water partition coefficient (Wildman–Crippen LogP) is 5.16. The van der Waals surface area contributed by atoms with E-state index in [1.165, 1.54) is 32.1 Å². The normalized spacial score (nSPS) is 10.5. The predicted molar refractivity (Wildman–Crippen MR) is 85.5 cm³/mol. The smallest absolute Gasteiger partial charge is 0.223 e. The minimum atomic E-state index is 0.121. The summed E-state index contributed by atoms with van der Waals surface area (Å²) in [5, 5.41) is 0. The van der Waals surface area contributed by atoms with Crippen LogP contribution < -0.4 is 4.90 Å². The molecule has 0 fully saturated rings. The van der Waals surface area contributed by atoms with Crippen LogP contribution in [-0.2, 0) is 4.79 Å². The second kappa shape index (κ2) is 9.13. The highest BCUT2D eigenvalue weighted by molar-refractivity contribution is 9.10. The second-order valence-electron chi connectivity index (χ2n) is 4.91. The lowest BCUT2D eigenvalue weighted by Gasteiger charge is -2.21. The highest BCUT2D eigenvalue weighted by Gasteiger charge is 2.10. The number of rotatable bonds is 8. The largest absolute Gasteiger partial charge is 0.313 e. The summed E-state index contributed by atoms with van der Waals surface area (Å²) in [7, 11) is 0. The number of hydrogen-bond acceptors (Lipinski definition) is 1. The van der Waals surface area contributed by atoms with Crippen LogP contribution in [0.25, 0.3) is 0 Å². The molecule has 0 aliphatic rings. The van der Waals surface area contributed by atoms with Crippen molar-refractivity contribution in [3.8, 4) is 0 Å². The maximum atomic E-state index is 11.7. The third-order valence-corrected chi connectivity index (χ3v) is 3.78. The molecule has 1 amide bonds. The van der Waals surface area contributed by atoms with Gasteiger partial charge in [-0.2, -0.15) is 0 Å². The van der Waals surface area contributed by atoms with Crippen molar-refractivity contribution in [3.63, 3.8) is 0 Å². The Morgan fingerprint density at radius 1 is 1.05 bits per heavy atom. The van der Waals surface area contributed by atoms with Crippen LogP contribution in [-0.4, -0.2) is 12.5 Å². The molecule has 0 heterocycles. The molecule has 0 saturated heterocycles. The molecule has 0 spiro atoms. The van der Waals surface area contributed by atoms with E-state index < -0.39 is 0 Å². The zero-order valence-corrected chi connectivity index (χ0v) is 13.6. The van der Waals surface area contributed by atoms with Gasteiger partial charge in [0.2, 0.25) is 5.91 Å². The molecule has 0 N–H and O–H groups in total. The third-order valence-electron chi connectivity index (χ3n) is 3.25. The molecule has 19 heavy (non-hydrogen) atoms. The van der Waals surface area contributed by atoms with Crippen molar-refractivity contribution < 1.29 is 4.79 Å². The monoisotopic (exact) mass is 325 g/mol. The molecular weight excluding hydrogens is 302 g/mol. The summed E-state index contributed by atoms with van der Waals surface area (Å²) in [5.41, 5.74) is 0.990. The second-order valence-corrected chi connectivity index (χ2v) is 5.83. The Bertz CT molecular complexity index is 375. The van der Waals surface area contributed by atoms with Gasteiger partial charge in [0.1, 0.15) is 0 Å². The molecule has 0 unspecified atom stereocenters. The number of anilines is 1. The van der Waals surface area contributed by atoms with Crippen LogP contribution in [0.5, 0.6) is 0 Å². The fourth-order valence-electron chi connectivity index (χ4n) is 2.14. The Morgan fingerprint density at radius 2 is 1.63 bits per heavy atom.